The summed E-state index contributed by atoms with van der Waals surface area (Å²) in [7, 11) is -3.75. The summed E-state index contributed by atoms with van der Waals surface area (Å²) in [6.45, 7) is 0. The number of pyridine rings is 1. The van der Waals surface area contributed by atoms with Crippen molar-refractivity contribution >= 4 is 9.84 Å². The third-order valence-electron chi connectivity index (χ3n) is 3.89. The molecule has 0 radical (unpaired) electrons. The molecule has 0 aromatic carbocycles. The van der Waals surface area contributed by atoms with E-state index in [0.717, 1.165) is 12.5 Å². The van der Waals surface area contributed by atoms with E-state index in [4.69, 9.17) is 4.74 Å². The summed E-state index contributed by atoms with van der Waals surface area (Å²) in [6, 6.07) is 0. The van der Waals surface area contributed by atoms with Gasteiger partial charge in [-0.1, -0.05) is 0 Å². The van der Waals surface area contributed by atoms with Crippen LogP contribution in [-0.4, -0.2) is 43.0 Å². The van der Waals surface area contributed by atoms with Gasteiger partial charge < -0.3 is 9.84 Å². The van der Waals surface area contributed by atoms with Gasteiger partial charge in [-0.25, -0.2) is 26.6 Å². The van der Waals surface area contributed by atoms with Crippen molar-refractivity contribution in [1.29, 1.82) is 0 Å². The van der Waals surface area contributed by atoms with E-state index in [1.54, 1.807) is 0 Å². The minimum Gasteiger partial charge on any atom is -0.488 e. The van der Waals surface area contributed by atoms with Gasteiger partial charge in [0.25, 0.3) is 5.92 Å². The van der Waals surface area contributed by atoms with Gasteiger partial charge in [-0.2, -0.15) is 0 Å². The van der Waals surface area contributed by atoms with Crippen LogP contribution in [0.2, 0.25) is 0 Å². The van der Waals surface area contributed by atoms with Gasteiger partial charge >= 0.3 is 0 Å². The lowest BCUT2D eigenvalue weighted by Crippen LogP contribution is -2.43. The number of hydrogen-bond donors (Lipinski definition) is 1. The molecule has 0 spiro atoms. The molecule has 0 saturated heterocycles. The van der Waals surface area contributed by atoms with Crippen LogP contribution in [0.1, 0.15) is 30.1 Å². The van der Waals surface area contributed by atoms with Crippen molar-refractivity contribution in [1.82, 2.24) is 4.98 Å². The fourth-order valence-electron chi connectivity index (χ4n) is 2.80. The topological polar surface area (TPSA) is 76.5 Å². The molecule has 0 bridgehead atoms. The zero-order valence-corrected chi connectivity index (χ0v) is 12.4. The maximum absolute atomic E-state index is 13.8. The van der Waals surface area contributed by atoms with Crippen molar-refractivity contribution in [3.63, 3.8) is 0 Å². The number of halogens is 3. The van der Waals surface area contributed by atoms with E-state index in [9.17, 15) is 26.7 Å². The monoisotopic (exact) mass is 337 g/mol. The third kappa shape index (κ3) is 2.56. The van der Waals surface area contributed by atoms with Gasteiger partial charge in [0.15, 0.2) is 14.9 Å². The number of aliphatic hydroxyl groups is 1. The molecule has 2 atom stereocenters. The zero-order chi connectivity index (χ0) is 16.3. The van der Waals surface area contributed by atoms with Crippen LogP contribution in [0, 0.1) is 0 Å². The average Bonchev–Trinajstić information content (AvgIpc) is 2.63. The lowest BCUT2D eigenvalue weighted by molar-refractivity contribution is -0.134. The van der Waals surface area contributed by atoms with Crippen LogP contribution >= 0.6 is 0 Å². The Morgan fingerprint density at radius 1 is 1.41 bits per heavy atom. The first-order valence-electron chi connectivity index (χ1n) is 6.67. The number of aromatic nitrogens is 1. The van der Waals surface area contributed by atoms with Gasteiger partial charge in [0.2, 0.25) is 0 Å². The molecule has 5 nitrogen and oxygen atoms in total. The van der Waals surface area contributed by atoms with E-state index in [0.29, 0.717) is 0 Å². The fourth-order valence-corrected chi connectivity index (χ4v) is 3.68. The first-order valence-corrected chi connectivity index (χ1v) is 8.56. The molecule has 1 aromatic heterocycles. The molecule has 0 aliphatic heterocycles. The number of hydrogen-bond acceptors (Lipinski definition) is 5. The minimum absolute atomic E-state index is 0.0575. The Hall–Kier alpha value is -1.35. The van der Waals surface area contributed by atoms with Crippen LogP contribution < -0.4 is 4.74 Å². The Morgan fingerprint density at radius 2 is 2.05 bits per heavy atom. The summed E-state index contributed by atoms with van der Waals surface area (Å²) in [5.74, 6) is -2.71. The molecule has 9 heteroatoms. The molecule has 0 unspecified atom stereocenters. The number of sulfone groups is 1. The largest absolute Gasteiger partial charge is 0.488 e. The molecule has 1 aromatic rings. The van der Waals surface area contributed by atoms with Gasteiger partial charge in [0.1, 0.15) is 24.1 Å². The third-order valence-corrected chi connectivity index (χ3v) is 4.91. The molecular formula is C13H14F3NO4S. The normalized spacial score (nSPS) is 27.3. The molecule has 122 valence electrons. The van der Waals surface area contributed by atoms with E-state index < -0.39 is 52.0 Å². The molecule has 1 saturated carbocycles. The van der Waals surface area contributed by atoms with E-state index in [-0.39, 0.29) is 23.3 Å². The zero-order valence-electron chi connectivity index (χ0n) is 11.6. The first kappa shape index (κ1) is 15.5. The highest BCUT2D eigenvalue weighted by molar-refractivity contribution is 7.90. The molecule has 1 fully saturated rings. The van der Waals surface area contributed by atoms with Crippen LogP contribution in [0.3, 0.4) is 0 Å². The Labute approximate surface area is 125 Å². The summed E-state index contributed by atoms with van der Waals surface area (Å²) >= 11 is 0. The highest BCUT2D eigenvalue weighted by atomic mass is 32.2. The van der Waals surface area contributed by atoms with Crippen molar-refractivity contribution in [2.75, 3.05) is 6.26 Å². The molecule has 3 rings (SSSR count). The van der Waals surface area contributed by atoms with Crippen molar-refractivity contribution in [3.05, 3.63) is 17.3 Å². The highest BCUT2D eigenvalue weighted by Gasteiger charge is 2.48. The van der Waals surface area contributed by atoms with Crippen molar-refractivity contribution in [3.8, 4) is 5.75 Å². The minimum atomic E-state index is -3.75. The highest BCUT2D eigenvalue weighted by Crippen LogP contribution is 2.44. The Morgan fingerprint density at radius 3 is 2.59 bits per heavy atom. The first-order chi connectivity index (χ1) is 10.1. The molecular weight excluding hydrogens is 323 g/mol. The van der Waals surface area contributed by atoms with E-state index in [1.165, 1.54) is 0 Å². The summed E-state index contributed by atoms with van der Waals surface area (Å²) in [4.78, 5) is 3.73. The molecule has 22 heavy (non-hydrogen) atoms. The second-order valence-electron chi connectivity index (χ2n) is 5.76. The lowest BCUT2D eigenvalue weighted by atomic mass is 9.91. The van der Waals surface area contributed by atoms with Crippen LogP contribution in [-0.2, 0) is 16.3 Å². The smallest absolute Gasteiger partial charge is 0.255 e. The Kier molecular flexibility index (Phi) is 3.41. The number of rotatable bonds is 3. The van der Waals surface area contributed by atoms with E-state index in [1.807, 2.05) is 0 Å². The molecule has 2 aliphatic rings. The number of aliphatic hydroxyl groups excluding tert-OH is 1. The van der Waals surface area contributed by atoms with Crippen LogP contribution in [0.15, 0.2) is 11.2 Å². The van der Waals surface area contributed by atoms with E-state index >= 15 is 0 Å². The number of alkyl halides is 3. The Bertz CT molecular complexity index is 714. The summed E-state index contributed by atoms with van der Waals surface area (Å²) in [5.41, 5.74) is 0.0595. The van der Waals surface area contributed by atoms with Crippen molar-refractivity contribution < 1.29 is 31.4 Å². The predicted molar refractivity (Wildman–Crippen MR) is 69.5 cm³/mol. The maximum Gasteiger partial charge on any atom is 0.255 e. The molecule has 0 amide bonds. The quantitative estimate of drug-likeness (QED) is 0.906. The van der Waals surface area contributed by atoms with Crippen LogP contribution in [0.4, 0.5) is 13.2 Å². The molecule has 1 heterocycles. The van der Waals surface area contributed by atoms with Gasteiger partial charge in [-0.05, 0) is 0 Å². The second-order valence-corrected chi connectivity index (χ2v) is 7.69. The van der Waals surface area contributed by atoms with Gasteiger partial charge in [0, 0.05) is 36.6 Å². The predicted octanol–water partition coefficient (Wildman–Crippen LogP) is 1.59. The Balaban J connectivity index is 1.98. The van der Waals surface area contributed by atoms with Crippen molar-refractivity contribution in [2.24, 2.45) is 0 Å². The summed E-state index contributed by atoms with van der Waals surface area (Å²) in [6.07, 6.45) is -3.14. The van der Waals surface area contributed by atoms with Gasteiger partial charge in [0.05, 0.1) is 6.20 Å². The summed E-state index contributed by atoms with van der Waals surface area (Å²) in [5, 5.41) is 9.45. The molecule has 1 N–H and O–H groups in total. The number of fused-ring (bicyclic) bond motifs is 1. The fraction of sp³-hybridized carbons (Fsp3) is 0.615. The van der Waals surface area contributed by atoms with Crippen LogP contribution in [0.25, 0.3) is 0 Å². The standard InChI is InChI=1S/C13H14F3NO4S/c1-22(19,20)12-10-7(2-8(14)11(10)18)9(5-17-12)21-6-3-13(15,16)4-6/h5-6,8,11,18H,2-4H2,1H3/t8-,11-/m1/s1. The summed E-state index contributed by atoms with van der Waals surface area (Å²) < 4.78 is 68.2. The van der Waals surface area contributed by atoms with Crippen molar-refractivity contribution in [2.45, 2.75) is 48.6 Å². The maximum atomic E-state index is 13.8. The van der Waals surface area contributed by atoms with E-state index in [2.05, 4.69) is 4.98 Å². The average molecular weight is 337 g/mol. The second kappa shape index (κ2) is 4.82. The number of ether oxygens (including phenoxy) is 1. The van der Waals surface area contributed by atoms with Gasteiger partial charge in [-0.3, -0.25) is 0 Å². The SMILES string of the molecule is CS(=O)(=O)c1ncc(OC2CC(F)(F)C2)c2c1[C@H](O)[C@H](F)C2. The number of nitrogens with zero attached hydrogens (tertiary/aromatic N) is 1. The van der Waals surface area contributed by atoms with Gasteiger partial charge in [-0.15, -0.1) is 0 Å². The molecule has 2 aliphatic carbocycles. The van der Waals surface area contributed by atoms with Crippen LogP contribution in [0.5, 0.6) is 5.75 Å². The lowest BCUT2D eigenvalue weighted by Gasteiger charge is -2.35.